The lowest BCUT2D eigenvalue weighted by Gasteiger charge is -2.58. The summed E-state index contributed by atoms with van der Waals surface area (Å²) in [5.41, 5.74) is 2.37. The molecule has 1 saturated heterocycles. The quantitative estimate of drug-likeness (QED) is 0.227. The fourth-order valence-corrected chi connectivity index (χ4v) is 9.41. The van der Waals surface area contributed by atoms with Gasteiger partial charge < -0.3 is 24.2 Å². The van der Waals surface area contributed by atoms with Gasteiger partial charge in [0, 0.05) is 36.8 Å². The lowest BCUT2D eigenvalue weighted by atomic mass is 9.51. The Morgan fingerprint density at radius 3 is 2.32 bits per heavy atom. The summed E-state index contributed by atoms with van der Waals surface area (Å²) in [5.74, 6) is 2.10. The monoisotopic (exact) mass is 611 g/mol. The van der Waals surface area contributed by atoms with Crippen LogP contribution in [0.25, 0.3) is 0 Å². The normalized spacial score (nSPS) is 31.7. The summed E-state index contributed by atoms with van der Waals surface area (Å²) < 4.78 is 19.0. The van der Waals surface area contributed by atoms with Gasteiger partial charge in [-0.15, -0.1) is 0 Å². The number of aliphatic hydroxyl groups excluding tert-OH is 1. The number of benzene rings is 1. The van der Waals surface area contributed by atoms with Crippen LogP contribution in [0.15, 0.2) is 18.2 Å². The summed E-state index contributed by atoms with van der Waals surface area (Å²) in [5, 5.41) is 12.1. The van der Waals surface area contributed by atoms with Crippen molar-refractivity contribution in [3.63, 3.8) is 0 Å². The number of hydrogen-bond acceptors (Lipinski definition) is 5. The highest BCUT2D eigenvalue weighted by molar-refractivity contribution is 5.76. The van der Waals surface area contributed by atoms with Gasteiger partial charge in [0.15, 0.2) is 5.79 Å². The van der Waals surface area contributed by atoms with Crippen molar-refractivity contribution in [2.75, 3.05) is 33.4 Å². The van der Waals surface area contributed by atoms with Crippen molar-refractivity contribution < 1.29 is 24.1 Å². The number of methoxy groups -OCH3 is 1. The van der Waals surface area contributed by atoms with Crippen molar-refractivity contribution in [3.8, 4) is 5.75 Å². The zero-order valence-electron chi connectivity index (χ0n) is 28.7. The summed E-state index contributed by atoms with van der Waals surface area (Å²) in [6.07, 6.45) is 12.7. The average Bonchev–Trinajstić information content (AvgIpc) is 3.31. The van der Waals surface area contributed by atoms with Crippen LogP contribution in [0.3, 0.4) is 0 Å². The highest BCUT2D eigenvalue weighted by Crippen LogP contribution is 2.68. The van der Waals surface area contributed by atoms with Crippen molar-refractivity contribution in [2.45, 2.75) is 136 Å². The number of unbranched alkanes of at least 4 members (excludes halogenated alkanes) is 4. The van der Waals surface area contributed by atoms with Crippen LogP contribution >= 0.6 is 0 Å². The number of fused-ring (bicyclic) bond motifs is 6. The highest BCUT2D eigenvalue weighted by Gasteiger charge is 2.66. The van der Waals surface area contributed by atoms with Crippen molar-refractivity contribution in [2.24, 2.45) is 28.6 Å². The molecule has 1 aromatic carbocycles. The number of rotatable bonds is 13. The van der Waals surface area contributed by atoms with Crippen LogP contribution in [0, 0.1) is 28.6 Å². The Hall–Kier alpha value is -1.63. The SMILES string of the molecule is CCCCN(CCCC)C(=O)CCCCC[C@@H]1C(O)c2cc(OC)ccc2[C@H]2CC[C@@]3(C)[C@@H](CCC34OCC(C)(C)CO4)[C@@H]21. The molecule has 3 aliphatic carbocycles. The number of aliphatic hydroxyl groups is 1. The number of amides is 1. The first-order valence-corrected chi connectivity index (χ1v) is 18.0. The zero-order valence-corrected chi connectivity index (χ0v) is 28.7. The number of ether oxygens (including phenoxy) is 3. The fraction of sp³-hybridized carbons (Fsp3) is 0.816. The van der Waals surface area contributed by atoms with Gasteiger partial charge in [-0.3, -0.25) is 4.79 Å². The lowest BCUT2D eigenvalue weighted by molar-refractivity contribution is -0.346. The van der Waals surface area contributed by atoms with Crippen LogP contribution in [0.1, 0.15) is 141 Å². The number of nitrogens with zero attached hydrogens (tertiary/aromatic N) is 1. The number of hydrogen-bond donors (Lipinski definition) is 1. The van der Waals surface area contributed by atoms with Gasteiger partial charge in [-0.2, -0.15) is 0 Å². The Bertz CT molecular complexity index is 1100. The van der Waals surface area contributed by atoms with Crippen molar-refractivity contribution in [1.82, 2.24) is 4.90 Å². The summed E-state index contributed by atoms with van der Waals surface area (Å²) in [6.45, 7) is 14.5. The van der Waals surface area contributed by atoms with Crippen LogP contribution in [0.5, 0.6) is 5.75 Å². The van der Waals surface area contributed by atoms with Crippen LogP contribution in [-0.4, -0.2) is 55.1 Å². The van der Waals surface area contributed by atoms with Gasteiger partial charge in [0.05, 0.1) is 26.4 Å². The van der Waals surface area contributed by atoms with Gasteiger partial charge >= 0.3 is 0 Å². The van der Waals surface area contributed by atoms with Crippen LogP contribution in [-0.2, 0) is 14.3 Å². The molecule has 248 valence electrons. The lowest BCUT2D eigenvalue weighted by Crippen LogP contribution is -2.58. The Balaban J connectivity index is 1.30. The third-order valence-corrected chi connectivity index (χ3v) is 12.0. The molecule has 1 aliphatic heterocycles. The summed E-state index contributed by atoms with van der Waals surface area (Å²) >= 11 is 0. The first kappa shape index (κ1) is 33.7. The molecule has 2 saturated carbocycles. The minimum absolute atomic E-state index is 0.0445. The van der Waals surface area contributed by atoms with Gasteiger partial charge in [0.25, 0.3) is 0 Å². The average molecular weight is 612 g/mol. The second kappa shape index (κ2) is 14.0. The molecular formula is C38H61NO5. The first-order chi connectivity index (χ1) is 21.1. The van der Waals surface area contributed by atoms with Gasteiger partial charge in [-0.1, -0.05) is 66.4 Å². The summed E-state index contributed by atoms with van der Waals surface area (Å²) in [6, 6.07) is 6.38. The third-order valence-electron chi connectivity index (χ3n) is 12.0. The van der Waals surface area contributed by atoms with Crippen molar-refractivity contribution in [1.29, 1.82) is 0 Å². The third kappa shape index (κ3) is 6.47. The van der Waals surface area contributed by atoms with E-state index in [1.54, 1.807) is 7.11 Å². The maximum absolute atomic E-state index is 13.1. The van der Waals surface area contributed by atoms with Crippen LogP contribution < -0.4 is 4.74 Å². The molecule has 5 rings (SSSR count). The molecule has 3 fully saturated rings. The topological polar surface area (TPSA) is 68.2 Å². The molecule has 1 spiro atoms. The van der Waals surface area contributed by atoms with Gasteiger partial charge in [-0.25, -0.2) is 0 Å². The van der Waals surface area contributed by atoms with Crippen molar-refractivity contribution >= 4 is 5.91 Å². The van der Waals surface area contributed by atoms with Gasteiger partial charge in [0.1, 0.15) is 5.75 Å². The Labute approximate surface area is 267 Å². The fourth-order valence-electron chi connectivity index (χ4n) is 9.41. The van der Waals surface area contributed by atoms with Gasteiger partial charge in [0.2, 0.25) is 5.91 Å². The van der Waals surface area contributed by atoms with Crippen molar-refractivity contribution in [3.05, 3.63) is 29.3 Å². The first-order valence-electron chi connectivity index (χ1n) is 18.0. The molecule has 1 heterocycles. The molecule has 44 heavy (non-hydrogen) atoms. The van der Waals surface area contributed by atoms with Gasteiger partial charge in [-0.05, 0) is 91.9 Å². The Morgan fingerprint density at radius 1 is 0.955 bits per heavy atom. The molecule has 0 radical (unpaired) electrons. The predicted molar refractivity (Wildman–Crippen MR) is 176 cm³/mol. The van der Waals surface area contributed by atoms with E-state index in [-0.39, 0.29) is 16.7 Å². The maximum atomic E-state index is 13.1. The smallest absolute Gasteiger partial charge is 0.222 e. The molecule has 1 N–H and O–H groups in total. The molecule has 1 aromatic rings. The number of carbonyl (C=O) groups excluding carboxylic acids is 1. The summed E-state index contributed by atoms with van der Waals surface area (Å²) in [4.78, 5) is 15.2. The van der Waals surface area contributed by atoms with E-state index in [0.717, 1.165) is 115 Å². The van der Waals surface area contributed by atoms with E-state index in [2.05, 4.69) is 57.7 Å². The van der Waals surface area contributed by atoms with E-state index in [0.29, 0.717) is 30.1 Å². The molecule has 6 heteroatoms. The Morgan fingerprint density at radius 2 is 1.66 bits per heavy atom. The van der Waals surface area contributed by atoms with Crippen LogP contribution in [0.4, 0.5) is 0 Å². The van der Waals surface area contributed by atoms with E-state index in [1.165, 1.54) is 5.56 Å². The van der Waals surface area contributed by atoms with E-state index < -0.39 is 11.9 Å². The standard InChI is InChI=1S/C38H61NO5/c1-7-9-22-39(23-10-8-2)33(40)15-13-11-12-14-30-34-29(28-17-16-27(42-6)24-31(28)35(30)41)18-20-37(5)32(34)19-21-38(37)43-25-36(3,4)26-44-38/h16-17,24,29-30,32,34-35,41H,7-15,18-23,25-26H2,1-6H3/t29-,30+,32+,34+,35?,37+/m1/s1. The Kier molecular flexibility index (Phi) is 10.7. The molecule has 1 unspecified atom stereocenters. The summed E-state index contributed by atoms with van der Waals surface area (Å²) in [7, 11) is 1.71. The van der Waals surface area contributed by atoms with E-state index in [1.807, 2.05) is 0 Å². The minimum Gasteiger partial charge on any atom is -0.497 e. The number of carbonyl (C=O) groups is 1. The molecular weight excluding hydrogens is 550 g/mol. The van der Waals surface area contributed by atoms with Crippen LogP contribution in [0.2, 0.25) is 0 Å². The molecule has 1 amide bonds. The molecule has 0 aromatic heterocycles. The van der Waals surface area contributed by atoms with E-state index in [4.69, 9.17) is 14.2 Å². The minimum atomic E-state index is -0.507. The van der Waals surface area contributed by atoms with E-state index >= 15 is 0 Å². The predicted octanol–water partition coefficient (Wildman–Crippen LogP) is 8.42. The highest BCUT2D eigenvalue weighted by atomic mass is 16.7. The second-order valence-electron chi connectivity index (χ2n) is 15.6. The maximum Gasteiger partial charge on any atom is 0.222 e. The molecule has 0 bridgehead atoms. The van der Waals surface area contributed by atoms with E-state index in [9.17, 15) is 9.90 Å². The molecule has 6 nitrogen and oxygen atoms in total. The largest absolute Gasteiger partial charge is 0.497 e. The molecule has 4 aliphatic rings. The zero-order chi connectivity index (χ0) is 31.5. The molecule has 6 atom stereocenters. The second-order valence-corrected chi connectivity index (χ2v) is 15.6.